The van der Waals surface area contributed by atoms with Gasteiger partial charge in [0, 0.05) is 24.8 Å². The third-order valence-electron chi connectivity index (χ3n) is 3.22. The molecule has 0 saturated carbocycles. The summed E-state index contributed by atoms with van der Waals surface area (Å²) < 4.78 is 16.8. The van der Waals surface area contributed by atoms with Crippen LogP contribution in [0.25, 0.3) is 0 Å². The van der Waals surface area contributed by atoms with Gasteiger partial charge in [-0.2, -0.15) is 0 Å². The van der Waals surface area contributed by atoms with Crippen LogP contribution in [0.1, 0.15) is 18.4 Å². The molecule has 2 rings (SSSR count). The molecule has 106 valence electrons. The van der Waals surface area contributed by atoms with E-state index in [1.54, 1.807) is 7.11 Å². The summed E-state index contributed by atoms with van der Waals surface area (Å²) in [5.74, 6) is 6.62. The Morgan fingerprint density at radius 1 is 1.32 bits per heavy atom. The predicted molar refractivity (Wildman–Crippen MR) is 71.3 cm³/mol. The van der Waals surface area contributed by atoms with E-state index in [9.17, 15) is 0 Å². The van der Waals surface area contributed by atoms with E-state index in [0.717, 1.165) is 43.1 Å². The molecule has 5 heteroatoms. The van der Waals surface area contributed by atoms with Crippen LogP contribution in [0.5, 0.6) is 11.5 Å². The van der Waals surface area contributed by atoms with E-state index in [1.807, 2.05) is 18.2 Å². The van der Waals surface area contributed by atoms with Gasteiger partial charge < -0.3 is 19.0 Å². The largest absolute Gasteiger partial charge is 0.493 e. The van der Waals surface area contributed by atoms with Gasteiger partial charge in [-0.1, -0.05) is 12.1 Å². The zero-order valence-electron chi connectivity index (χ0n) is 11.3. The molecule has 1 aromatic rings. The fraction of sp³-hybridized carbons (Fsp3) is 0.571. The molecule has 0 bridgehead atoms. The summed E-state index contributed by atoms with van der Waals surface area (Å²) in [7, 11) is 1.65. The molecule has 0 unspecified atom stereocenters. The molecule has 1 saturated heterocycles. The molecule has 0 aromatic heterocycles. The van der Waals surface area contributed by atoms with Gasteiger partial charge in [0.1, 0.15) is 6.10 Å². The molecule has 5 nitrogen and oxygen atoms in total. The molecule has 0 radical (unpaired) electrons. The van der Waals surface area contributed by atoms with E-state index >= 15 is 0 Å². The first-order valence-corrected chi connectivity index (χ1v) is 6.57. The van der Waals surface area contributed by atoms with Gasteiger partial charge in [0.05, 0.1) is 26.9 Å². The Morgan fingerprint density at radius 2 is 2.11 bits per heavy atom. The first-order valence-electron chi connectivity index (χ1n) is 6.57. The SMILES string of the molecule is COc1c(CCON)cccc1OC1CCOCC1. The van der Waals surface area contributed by atoms with Gasteiger partial charge in [0.2, 0.25) is 0 Å². The number of rotatable bonds is 6. The molecule has 2 N–H and O–H groups in total. The van der Waals surface area contributed by atoms with Crippen molar-refractivity contribution in [3.8, 4) is 11.5 Å². The van der Waals surface area contributed by atoms with E-state index in [0.29, 0.717) is 13.0 Å². The fourth-order valence-corrected chi connectivity index (χ4v) is 2.22. The lowest BCUT2D eigenvalue weighted by atomic mass is 10.1. The minimum Gasteiger partial charge on any atom is -0.493 e. The Balaban J connectivity index is 2.09. The molecule has 0 aliphatic carbocycles. The molecule has 1 aliphatic rings. The van der Waals surface area contributed by atoms with Gasteiger partial charge in [0.15, 0.2) is 11.5 Å². The Bertz CT molecular complexity index is 391. The van der Waals surface area contributed by atoms with E-state index in [4.69, 9.17) is 20.1 Å². The van der Waals surface area contributed by atoms with Crippen LogP contribution >= 0.6 is 0 Å². The molecule has 1 aliphatic heterocycles. The van der Waals surface area contributed by atoms with Gasteiger partial charge in [-0.25, -0.2) is 5.90 Å². The highest BCUT2D eigenvalue weighted by Gasteiger charge is 2.18. The third kappa shape index (κ3) is 3.83. The van der Waals surface area contributed by atoms with Crippen molar-refractivity contribution >= 4 is 0 Å². The number of hydrogen-bond acceptors (Lipinski definition) is 5. The molecule has 0 atom stereocenters. The number of ether oxygens (including phenoxy) is 3. The van der Waals surface area contributed by atoms with Crippen molar-refractivity contribution in [2.24, 2.45) is 5.90 Å². The molecule has 1 fully saturated rings. The van der Waals surface area contributed by atoms with Gasteiger partial charge in [-0.3, -0.25) is 0 Å². The summed E-state index contributed by atoms with van der Waals surface area (Å²) in [6, 6.07) is 5.89. The second-order valence-corrected chi connectivity index (χ2v) is 4.50. The van der Waals surface area contributed by atoms with Crippen molar-refractivity contribution < 1.29 is 19.0 Å². The topological polar surface area (TPSA) is 62.9 Å². The normalized spacial score (nSPS) is 16.3. The van der Waals surface area contributed by atoms with Crippen molar-refractivity contribution in [3.63, 3.8) is 0 Å². The Morgan fingerprint density at radius 3 is 2.79 bits per heavy atom. The van der Waals surface area contributed by atoms with E-state index in [1.165, 1.54) is 0 Å². The number of hydrogen-bond donors (Lipinski definition) is 1. The molecule has 1 heterocycles. The summed E-state index contributed by atoms with van der Waals surface area (Å²) >= 11 is 0. The predicted octanol–water partition coefficient (Wildman–Crippen LogP) is 1.69. The molecular formula is C14H21NO4. The Labute approximate surface area is 113 Å². The van der Waals surface area contributed by atoms with Crippen LogP contribution in [0.3, 0.4) is 0 Å². The molecular weight excluding hydrogens is 246 g/mol. The van der Waals surface area contributed by atoms with Gasteiger partial charge >= 0.3 is 0 Å². The highest BCUT2D eigenvalue weighted by molar-refractivity contribution is 5.46. The van der Waals surface area contributed by atoms with E-state index in [2.05, 4.69) is 4.84 Å². The van der Waals surface area contributed by atoms with Crippen LogP contribution in [0, 0.1) is 0 Å². The second kappa shape index (κ2) is 7.33. The first-order chi connectivity index (χ1) is 9.35. The number of benzene rings is 1. The standard InChI is InChI=1S/C14H21NO4/c1-16-14-11(5-10-18-15)3-2-4-13(14)19-12-6-8-17-9-7-12/h2-4,12H,5-10,15H2,1H3. The van der Waals surface area contributed by atoms with Gasteiger partial charge in [-0.05, 0) is 6.07 Å². The van der Waals surface area contributed by atoms with Crippen LogP contribution in [-0.4, -0.2) is 33.0 Å². The molecule has 0 amide bonds. The first kappa shape index (κ1) is 14.1. The van der Waals surface area contributed by atoms with Gasteiger partial charge in [0.25, 0.3) is 0 Å². The zero-order valence-corrected chi connectivity index (χ0v) is 11.3. The lowest BCUT2D eigenvalue weighted by Gasteiger charge is -2.24. The zero-order chi connectivity index (χ0) is 13.5. The molecule has 1 aromatic carbocycles. The van der Waals surface area contributed by atoms with E-state index in [-0.39, 0.29) is 6.10 Å². The average Bonchev–Trinajstić information content (AvgIpc) is 2.46. The summed E-state index contributed by atoms with van der Waals surface area (Å²) in [5.41, 5.74) is 1.04. The monoisotopic (exact) mass is 267 g/mol. The van der Waals surface area contributed by atoms with Crippen molar-refractivity contribution in [2.45, 2.75) is 25.4 Å². The Kier molecular flexibility index (Phi) is 5.44. The maximum atomic E-state index is 6.02. The molecule has 19 heavy (non-hydrogen) atoms. The number of methoxy groups -OCH3 is 1. The summed E-state index contributed by atoms with van der Waals surface area (Å²) in [6.45, 7) is 1.97. The summed E-state index contributed by atoms with van der Waals surface area (Å²) in [4.78, 5) is 4.62. The Hall–Kier alpha value is -1.30. The average molecular weight is 267 g/mol. The van der Waals surface area contributed by atoms with Crippen LogP contribution < -0.4 is 15.4 Å². The highest BCUT2D eigenvalue weighted by Crippen LogP contribution is 2.33. The third-order valence-corrected chi connectivity index (χ3v) is 3.22. The van der Waals surface area contributed by atoms with Crippen LogP contribution in [0.2, 0.25) is 0 Å². The van der Waals surface area contributed by atoms with Crippen molar-refractivity contribution in [3.05, 3.63) is 23.8 Å². The van der Waals surface area contributed by atoms with Crippen LogP contribution in [0.4, 0.5) is 0 Å². The minimum atomic E-state index is 0.198. The van der Waals surface area contributed by atoms with Crippen molar-refractivity contribution in [1.82, 2.24) is 0 Å². The lowest BCUT2D eigenvalue weighted by Crippen LogP contribution is -2.26. The number of nitrogens with two attached hydrogens (primary N) is 1. The maximum Gasteiger partial charge on any atom is 0.164 e. The highest BCUT2D eigenvalue weighted by atomic mass is 16.6. The van der Waals surface area contributed by atoms with Crippen LogP contribution in [0.15, 0.2) is 18.2 Å². The van der Waals surface area contributed by atoms with Crippen molar-refractivity contribution in [1.29, 1.82) is 0 Å². The lowest BCUT2D eigenvalue weighted by molar-refractivity contribution is 0.0245. The fourth-order valence-electron chi connectivity index (χ4n) is 2.22. The minimum absolute atomic E-state index is 0.198. The smallest absolute Gasteiger partial charge is 0.164 e. The quantitative estimate of drug-likeness (QED) is 0.795. The van der Waals surface area contributed by atoms with Crippen molar-refractivity contribution in [2.75, 3.05) is 26.9 Å². The summed E-state index contributed by atoms with van der Waals surface area (Å²) in [5, 5.41) is 0. The summed E-state index contributed by atoms with van der Waals surface area (Å²) in [6.07, 6.45) is 2.73. The van der Waals surface area contributed by atoms with E-state index < -0.39 is 0 Å². The maximum absolute atomic E-state index is 6.02. The van der Waals surface area contributed by atoms with Gasteiger partial charge in [-0.15, -0.1) is 0 Å². The number of para-hydroxylation sites is 1. The van der Waals surface area contributed by atoms with Crippen LogP contribution in [-0.2, 0) is 16.0 Å². The second-order valence-electron chi connectivity index (χ2n) is 4.50. The molecule has 0 spiro atoms.